The molecule has 4 nitrogen and oxygen atoms in total. The van der Waals surface area contributed by atoms with Crippen molar-refractivity contribution in [3.8, 4) is 5.75 Å². The summed E-state index contributed by atoms with van der Waals surface area (Å²) in [6, 6.07) is 3.85. The van der Waals surface area contributed by atoms with Gasteiger partial charge >= 0.3 is 5.97 Å². The zero-order valence-electron chi connectivity index (χ0n) is 6.62. The van der Waals surface area contributed by atoms with Gasteiger partial charge in [0, 0.05) is 0 Å². The first-order valence-electron chi connectivity index (χ1n) is 3.54. The number of phenolic OH excluding ortho intramolecular Hbond substituents is 1. The number of aromatic hydroxyl groups is 1. The second-order valence-electron chi connectivity index (χ2n) is 2.38. The van der Waals surface area contributed by atoms with Crippen LogP contribution in [0.15, 0.2) is 18.2 Å². The smallest absolute Gasteiger partial charge is 0.322 e. The molecule has 13 heavy (non-hydrogen) atoms. The average Bonchev–Trinajstić information content (AvgIpc) is 2.07. The van der Waals surface area contributed by atoms with Crippen molar-refractivity contribution in [1.29, 1.82) is 0 Å². The Morgan fingerprint density at radius 3 is 2.85 bits per heavy atom. The molecule has 0 heterocycles. The second kappa shape index (κ2) is 3.75. The molecule has 0 saturated carbocycles. The summed E-state index contributed by atoms with van der Waals surface area (Å²) in [6.45, 7) is -0.364. The van der Waals surface area contributed by atoms with Gasteiger partial charge < -0.3 is 15.5 Å². The van der Waals surface area contributed by atoms with E-state index in [0.29, 0.717) is 0 Å². The molecule has 0 saturated heterocycles. The Hall–Kier alpha value is -1.78. The van der Waals surface area contributed by atoms with Crippen molar-refractivity contribution in [2.45, 2.75) is 0 Å². The third-order valence-electron chi connectivity index (χ3n) is 1.42. The van der Waals surface area contributed by atoms with Gasteiger partial charge in [-0.1, -0.05) is 6.07 Å². The van der Waals surface area contributed by atoms with Gasteiger partial charge in [0.25, 0.3) is 0 Å². The quantitative estimate of drug-likeness (QED) is 0.615. The van der Waals surface area contributed by atoms with Crippen LogP contribution in [-0.4, -0.2) is 22.7 Å². The van der Waals surface area contributed by atoms with Crippen molar-refractivity contribution < 1.29 is 19.4 Å². The van der Waals surface area contributed by atoms with Gasteiger partial charge in [-0.25, -0.2) is 4.39 Å². The number of aliphatic carboxylic acids is 1. The van der Waals surface area contributed by atoms with Crippen molar-refractivity contribution in [3.05, 3.63) is 24.0 Å². The average molecular weight is 185 g/mol. The Morgan fingerprint density at radius 1 is 1.54 bits per heavy atom. The summed E-state index contributed by atoms with van der Waals surface area (Å²) >= 11 is 0. The second-order valence-corrected chi connectivity index (χ2v) is 2.38. The Kier molecular flexibility index (Phi) is 2.69. The van der Waals surface area contributed by atoms with Crippen LogP contribution in [0.25, 0.3) is 0 Å². The number of benzene rings is 1. The number of anilines is 1. The molecule has 0 atom stereocenters. The number of nitrogens with one attached hydrogen (secondary N) is 1. The highest BCUT2D eigenvalue weighted by Gasteiger charge is 2.06. The number of hydrogen-bond donors (Lipinski definition) is 3. The number of halogens is 1. The van der Waals surface area contributed by atoms with E-state index in [4.69, 9.17) is 10.2 Å². The normalized spacial score (nSPS) is 9.62. The third kappa shape index (κ3) is 2.33. The molecule has 0 fully saturated rings. The fraction of sp³-hybridized carbons (Fsp3) is 0.125. The van der Waals surface area contributed by atoms with Crippen LogP contribution in [0.4, 0.5) is 10.1 Å². The summed E-state index contributed by atoms with van der Waals surface area (Å²) in [5.74, 6) is -2.43. The standard InChI is InChI=1S/C8H8FNO3/c9-5-2-1-3-6(8(5)13)10-4-7(11)12/h1-3,10,13H,4H2,(H,11,12). The van der Waals surface area contributed by atoms with Gasteiger partial charge in [0.15, 0.2) is 11.6 Å². The summed E-state index contributed by atoms with van der Waals surface area (Å²) in [5, 5.41) is 19.7. The molecular weight excluding hydrogens is 177 g/mol. The van der Waals surface area contributed by atoms with Gasteiger partial charge in [-0.2, -0.15) is 0 Å². The molecule has 1 rings (SSSR count). The molecule has 0 spiro atoms. The topological polar surface area (TPSA) is 69.6 Å². The van der Waals surface area contributed by atoms with Crippen molar-refractivity contribution >= 4 is 11.7 Å². The zero-order chi connectivity index (χ0) is 9.84. The fourth-order valence-corrected chi connectivity index (χ4v) is 0.829. The lowest BCUT2D eigenvalue weighted by Gasteiger charge is -2.05. The van der Waals surface area contributed by atoms with E-state index in [0.717, 1.165) is 6.07 Å². The highest BCUT2D eigenvalue weighted by molar-refractivity contribution is 5.73. The maximum Gasteiger partial charge on any atom is 0.322 e. The molecule has 70 valence electrons. The number of carbonyl (C=O) groups is 1. The van der Waals surface area contributed by atoms with Gasteiger partial charge in [-0.3, -0.25) is 4.79 Å². The van der Waals surface area contributed by atoms with Gasteiger partial charge in [0.1, 0.15) is 6.54 Å². The number of carboxylic acids is 1. The molecule has 0 aliphatic heterocycles. The number of hydrogen-bond acceptors (Lipinski definition) is 3. The van der Waals surface area contributed by atoms with Crippen LogP contribution >= 0.6 is 0 Å². The molecule has 5 heteroatoms. The molecule has 0 amide bonds. The van der Waals surface area contributed by atoms with Crippen molar-refractivity contribution in [2.24, 2.45) is 0 Å². The van der Waals surface area contributed by atoms with E-state index in [-0.39, 0.29) is 12.2 Å². The highest BCUT2D eigenvalue weighted by Crippen LogP contribution is 2.25. The zero-order valence-corrected chi connectivity index (χ0v) is 6.62. The lowest BCUT2D eigenvalue weighted by molar-refractivity contribution is -0.134. The molecule has 0 aliphatic rings. The maximum atomic E-state index is 12.7. The Labute approximate surface area is 73.6 Å². The number of carboxylic acid groups (broad SMARTS) is 1. The molecular formula is C8H8FNO3. The van der Waals surface area contributed by atoms with E-state index in [1.165, 1.54) is 12.1 Å². The van der Waals surface area contributed by atoms with E-state index >= 15 is 0 Å². The van der Waals surface area contributed by atoms with Gasteiger partial charge in [-0.15, -0.1) is 0 Å². The van der Waals surface area contributed by atoms with Gasteiger partial charge in [0.2, 0.25) is 0 Å². The minimum absolute atomic E-state index is 0.0717. The van der Waals surface area contributed by atoms with Gasteiger partial charge in [-0.05, 0) is 12.1 Å². The van der Waals surface area contributed by atoms with Crippen LogP contribution in [0.1, 0.15) is 0 Å². The van der Waals surface area contributed by atoms with Crippen LogP contribution in [-0.2, 0) is 4.79 Å². The Bertz CT molecular complexity index is 327. The van der Waals surface area contributed by atoms with Gasteiger partial charge in [0.05, 0.1) is 5.69 Å². The van der Waals surface area contributed by atoms with E-state index in [1.807, 2.05) is 0 Å². The molecule has 0 bridgehead atoms. The number of para-hydroxylation sites is 1. The first-order chi connectivity index (χ1) is 6.11. The minimum atomic E-state index is -1.08. The summed E-state index contributed by atoms with van der Waals surface area (Å²) in [7, 11) is 0. The number of phenols is 1. The largest absolute Gasteiger partial charge is 0.503 e. The first kappa shape index (κ1) is 9.31. The molecule has 0 aliphatic carbocycles. The maximum absolute atomic E-state index is 12.7. The lowest BCUT2D eigenvalue weighted by Crippen LogP contribution is -2.12. The lowest BCUT2D eigenvalue weighted by atomic mass is 10.3. The van der Waals surface area contributed by atoms with E-state index in [9.17, 15) is 9.18 Å². The van der Waals surface area contributed by atoms with Crippen LogP contribution < -0.4 is 5.32 Å². The third-order valence-corrected chi connectivity index (χ3v) is 1.42. The van der Waals surface area contributed by atoms with E-state index in [2.05, 4.69) is 5.32 Å². The summed E-state index contributed by atoms with van der Waals surface area (Å²) in [5.41, 5.74) is 0.0717. The summed E-state index contributed by atoms with van der Waals surface area (Å²) in [6.07, 6.45) is 0. The minimum Gasteiger partial charge on any atom is -0.503 e. The molecule has 1 aromatic carbocycles. The van der Waals surface area contributed by atoms with Crippen LogP contribution in [0.2, 0.25) is 0 Å². The summed E-state index contributed by atoms with van der Waals surface area (Å²) < 4.78 is 12.7. The summed E-state index contributed by atoms with van der Waals surface area (Å²) in [4.78, 5) is 10.1. The Balaban J connectivity index is 2.77. The van der Waals surface area contributed by atoms with Crippen LogP contribution in [0.5, 0.6) is 5.75 Å². The molecule has 0 radical (unpaired) electrons. The van der Waals surface area contributed by atoms with Crippen molar-refractivity contribution in [2.75, 3.05) is 11.9 Å². The van der Waals surface area contributed by atoms with Crippen molar-refractivity contribution in [1.82, 2.24) is 0 Å². The first-order valence-corrected chi connectivity index (χ1v) is 3.54. The van der Waals surface area contributed by atoms with E-state index < -0.39 is 17.5 Å². The molecule has 1 aromatic rings. The molecule has 3 N–H and O–H groups in total. The fourth-order valence-electron chi connectivity index (χ4n) is 0.829. The molecule has 0 aromatic heterocycles. The predicted octanol–water partition coefficient (Wildman–Crippen LogP) is 1.03. The highest BCUT2D eigenvalue weighted by atomic mass is 19.1. The van der Waals surface area contributed by atoms with Crippen molar-refractivity contribution in [3.63, 3.8) is 0 Å². The van der Waals surface area contributed by atoms with Crippen LogP contribution in [0, 0.1) is 5.82 Å². The molecule has 0 unspecified atom stereocenters. The van der Waals surface area contributed by atoms with E-state index in [1.54, 1.807) is 0 Å². The number of rotatable bonds is 3. The predicted molar refractivity (Wildman–Crippen MR) is 44.2 cm³/mol. The SMILES string of the molecule is O=C(O)CNc1cccc(F)c1O. The monoisotopic (exact) mass is 185 g/mol. The van der Waals surface area contributed by atoms with Crippen LogP contribution in [0.3, 0.4) is 0 Å². The Morgan fingerprint density at radius 2 is 2.23 bits per heavy atom.